The third-order valence-electron chi connectivity index (χ3n) is 3.41. The molecular formula is C15H16N6O. The summed E-state index contributed by atoms with van der Waals surface area (Å²) in [4.78, 5) is 24.9. The van der Waals surface area contributed by atoms with Crippen LogP contribution in [0.25, 0.3) is 11.0 Å². The molecule has 0 spiro atoms. The molecule has 4 N–H and O–H groups in total. The molecule has 0 amide bonds. The molecule has 22 heavy (non-hydrogen) atoms. The van der Waals surface area contributed by atoms with Crippen LogP contribution in [0.2, 0.25) is 0 Å². The van der Waals surface area contributed by atoms with Gasteiger partial charge in [-0.25, -0.2) is 4.98 Å². The molecule has 0 radical (unpaired) electrons. The van der Waals surface area contributed by atoms with Crippen molar-refractivity contribution in [1.82, 2.24) is 19.5 Å². The Bertz CT molecular complexity index is 868. The van der Waals surface area contributed by atoms with Gasteiger partial charge in [-0.3, -0.25) is 9.78 Å². The largest absolute Gasteiger partial charge is 0.397 e. The summed E-state index contributed by atoms with van der Waals surface area (Å²) in [5, 5.41) is 0.662. The van der Waals surface area contributed by atoms with Gasteiger partial charge in [-0.2, -0.15) is 4.98 Å². The first-order valence-corrected chi connectivity index (χ1v) is 6.85. The smallest absolute Gasteiger partial charge is 0.221 e. The fourth-order valence-corrected chi connectivity index (χ4v) is 2.35. The van der Waals surface area contributed by atoms with Gasteiger partial charge in [-0.05, 0) is 19.9 Å². The molecule has 7 heteroatoms. The maximum atomic E-state index is 12.7. The highest BCUT2D eigenvalue weighted by atomic mass is 16.1. The average Bonchev–Trinajstić information content (AvgIpc) is 2.85. The molecule has 0 fully saturated rings. The second-order valence-electron chi connectivity index (χ2n) is 5.35. The summed E-state index contributed by atoms with van der Waals surface area (Å²) >= 11 is 0. The van der Waals surface area contributed by atoms with E-state index in [1.54, 1.807) is 18.5 Å². The number of fused-ring (bicyclic) bond motifs is 1. The molecule has 3 rings (SSSR count). The summed E-state index contributed by atoms with van der Waals surface area (Å²) in [5.41, 5.74) is 13.4. The van der Waals surface area contributed by atoms with Gasteiger partial charge in [0, 0.05) is 41.8 Å². The van der Waals surface area contributed by atoms with E-state index in [4.69, 9.17) is 11.5 Å². The molecule has 0 aliphatic carbocycles. The summed E-state index contributed by atoms with van der Waals surface area (Å²) in [6, 6.07) is 1.74. The molecule has 0 saturated heterocycles. The average molecular weight is 296 g/mol. The minimum absolute atomic E-state index is 0.136. The van der Waals surface area contributed by atoms with Gasteiger partial charge < -0.3 is 16.0 Å². The lowest BCUT2D eigenvalue weighted by molar-refractivity contribution is 0.103. The number of carbonyl (C=O) groups excluding carboxylic acids is 1. The number of anilines is 2. The highest BCUT2D eigenvalue weighted by Gasteiger charge is 2.19. The number of hydrogen-bond donors (Lipinski definition) is 2. The van der Waals surface area contributed by atoms with Crippen LogP contribution in [-0.4, -0.2) is 25.3 Å². The molecule has 3 aromatic rings. The van der Waals surface area contributed by atoms with Crippen LogP contribution in [0.3, 0.4) is 0 Å². The summed E-state index contributed by atoms with van der Waals surface area (Å²) in [6.07, 6.45) is 6.34. The highest BCUT2D eigenvalue weighted by Crippen LogP contribution is 2.25. The standard InChI is InChI=1S/C15H16N6O/c1-8(2)21-7-12(11-6-19-15(17)20-14(11)21)13(22)9-3-10(16)5-18-4-9/h3-8H,16H2,1-2H3,(H2,17,19,20). The number of rotatable bonds is 3. The molecule has 0 saturated carbocycles. The van der Waals surface area contributed by atoms with Crippen molar-refractivity contribution in [1.29, 1.82) is 0 Å². The first-order chi connectivity index (χ1) is 10.5. The summed E-state index contributed by atoms with van der Waals surface area (Å²) < 4.78 is 1.90. The number of nitrogen functional groups attached to an aromatic ring is 2. The van der Waals surface area contributed by atoms with Crippen LogP contribution in [0.4, 0.5) is 11.6 Å². The fraction of sp³-hybridized carbons (Fsp3) is 0.200. The zero-order valence-corrected chi connectivity index (χ0v) is 12.3. The Balaban J connectivity index is 2.21. The van der Waals surface area contributed by atoms with Crippen molar-refractivity contribution in [3.63, 3.8) is 0 Å². The zero-order valence-electron chi connectivity index (χ0n) is 12.3. The van der Waals surface area contributed by atoms with Crippen LogP contribution in [0.15, 0.2) is 30.9 Å². The number of hydrogen-bond acceptors (Lipinski definition) is 6. The lowest BCUT2D eigenvalue weighted by atomic mass is 10.1. The van der Waals surface area contributed by atoms with Crippen LogP contribution in [0.1, 0.15) is 35.8 Å². The van der Waals surface area contributed by atoms with Gasteiger partial charge in [0.2, 0.25) is 5.95 Å². The third kappa shape index (κ3) is 2.26. The van der Waals surface area contributed by atoms with Crippen molar-refractivity contribution in [2.45, 2.75) is 19.9 Å². The van der Waals surface area contributed by atoms with Gasteiger partial charge in [-0.15, -0.1) is 0 Å². The van der Waals surface area contributed by atoms with Crippen molar-refractivity contribution in [3.8, 4) is 0 Å². The van der Waals surface area contributed by atoms with Crippen molar-refractivity contribution in [2.24, 2.45) is 0 Å². The van der Waals surface area contributed by atoms with Gasteiger partial charge in [0.15, 0.2) is 5.78 Å². The number of nitrogens with zero attached hydrogens (tertiary/aromatic N) is 4. The Morgan fingerprint density at radius 3 is 2.68 bits per heavy atom. The van der Waals surface area contributed by atoms with E-state index < -0.39 is 0 Å². The highest BCUT2D eigenvalue weighted by molar-refractivity contribution is 6.16. The zero-order chi connectivity index (χ0) is 15.9. The molecular weight excluding hydrogens is 280 g/mol. The first-order valence-electron chi connectivity index (χ1n) is 6.85. The summed E-state index contributed by atoms with van der Waals surface area (Å²) in [6.45, 7) is 4.02. The molecule has 0 bridgehead atoms. The Labute approximate surface area is 127 Å². The third-order valence-corrected chi connectivity index (χ3v) is 3.41. The molecule has 7 nitrogen and oxygen atoms in total. The predicted octanol–water partition coefficient (Wildman–Crippen LogP) is 1.80. The van der Waals surface area contributed by atoms with E-state index in [0.29, 0.717) is 27.8 Å². The second kappa shape index (κ2) is 5.10. The van der Waals surface area contributed by atoms with Gasteiger partial charge in [-0.1, -0.05) is 0 Å². The van der Waals surface area contributed by atoms with Gasteiger partial charge >= 0.3 is 0 Å². The van der Waals surface area contributed by atoms with Crippen molar-refractivity contribution < 1.29 is 4.79 Å². The van der Waals surface area contributed by atoms with E-state index in [1.165, 1.54) is 12.4 Å². The van der Waals surface area contributed by atoms with E-state index in [9.17, 15) is 4.79 Å². The van der Waals surface area contributed by atoms with Crippen LogP contribution in [0, 0.1) is 0 Å². The summed E-state index contributed by atoms with van der Waals surface area (Å²) in [7, 11) is 0. The van der Waals surface area contributed by atoms with E-state index in [0.717, 1.165) is 0 Å². The molecule has 0 aliphatic rings. The van der Waals surface area contributed by atoms with E-state index >= 15 is 0 Å². The topological polar surface area (TPSA) is 113 Å². The lowest BCUT2D eigenvalue weighted by Gasteiger charge is -2.07. The Hall–Kier alpha value is -2.96. The molecule has 0 atom stereocenters. The van der Waals surface area contributed by atoms with Crippen LogP contribution in [0.5, 0.6) is 0 Å². The maximum absolute atomic E-state index is 12.7. The molecule has 0 unspecified atom stereocenters. The van der Waals surface area contributed by atoms with Crippen molar-refractivity contribution >= 4 is 28.5 Å². The molecule has 0 aromatic carbocycles. The first kappa shape index (κ1) is 14.0. The Morgan fingerprint density at radius 1 is 1.23 bits per heavy atom. The fourth-order valence-electron chi connectivity index (χ4n) is 2.35. The van der Waals surface area contributed by atoms with E-state index in [1.807, 2.05) is 18.4 Å². The number of carbonyl (C=O) groups is 1. The van der Waals surface area contributed by atoms with Gasteiger partial charge in [0.1, 0.15) is 5.65 Å². The molecule has 3 heterocycles. The molecule has 0 aliphatic heterocycles. The van der Waals surface area contributed by atoms with Crippen LogP contribution >= 0.6 is 0 Å². The van der Waals surface area contributed by atoms with Crippen molar-refractivity contribution in [3.05, 3.63) is 42.0 Å². The quantitative estimate of drug-likeness (QED) is 0.713. The normalized spacial score (nSPS) is 11.2. The number of ketones is 1. The molecule has 3 aromatic heterocycles. The maximum Gasteiger partial charge on any atom is 0.221 e. The van der Waals surface area contributed by atoms with Gasteiger partial charge in [0.05, 0.1) is 11.3 Å². The predicted molar refractivity (Wildman–Crippen MR) is 84.4 cm³/mol. The lowest BCUT2D eigenvalue weighted by Crippen LogP contribution is -2.03. The number of pyridine rings is 1. The van der Waals surface area contributed by atoms with Crippen LogP contribution < -0.4 is 11.5 Å². The minimum Gasteiger partial charge on any atom is -0.397 e. The summed E-state index contributed by atoms with van der Waals surface area (Å²) in [5.74, 6) is 0.00897. The number of aromatic nitrogens is 4. The van der Waals surface area contributed by atoms with Crippen LogP contribution in [-0.2, 0) is 0 Å². The monoisotopic (exact) mass is 296 g/mol. The van der Waals surface area contributed by atoms with Crippen molar-refractivity contribution in [2.75, 3.05) is 11.5 Å². The number of nitrogens with two attached hydrogens (primary N) is 2. The Morgan fingerprint density at radius 2 is 2.00 bits per heavy atom. The second-order valence-corrected chi connectivity index (χ2v) is 5.35. The van der Waals surface area contributed by atoms with E-state index in [-0.39, 0.29) is 17.8 Å². The Kier molecular flexibility index (Phi) is 3.25. The minimum atomic E-state index is -0.169. The van der Waals surface area contributed by atoms with E-state index in [2.05, 4.69) is 15.0 Å². The van der Waals surface area contributed by atoms with Gasteiger partial charge in [0.25, 0.3) is 0 Å². The SMILES string of the molecule is CC(C)n1cc(C(=O)c2cncc(N)c2)c2cnc(N)nc21. The molecule has 112 valence electrons.